The highest BCUT2D eigenvalue weighted by atomic mass is 16.5. The molecule has 0 spiro atoms. The summed E-state index contributed by atoms with van der Waals surface area (Å²) in [6.45, 7) is 5.74. The number of benzene rings is 2. The predicted molar refractivity (Wildman–Crippen MR) is 123 cm³/mol. The van der Waals surface area contributed by atoms with Crippen molar-refractivity contribution in [3.8, 4) is 17.1 Å². The largest absolute Gasteiger partial charge is 0.343 e. The fraction of sp³-hybridized carbons (Fsp3) is 0.208. The van der Waals surface area contributed by atoms with Gasteiger partial charge in [0.2, 0.25) is 5.91 Å². The highest BCUT2D eigenvalue weighted by Gasteiger charge is 2.23. The van der Waals surface area contributed by atoms with Crippen molar-refractivity contribution in [2.24, 2.45) is 0 Å². The Morgan fingerprint density at radius 1 is 1.03 bits per heavy atom. The Morgan fingerprint density at radius 2 is 1.79 bits per heavy atom. The van der Waals surface area contributed by atoms with E-state index >= 15 is 0 Å². The third-order valence-electron chi connectivity index (χ3n) is 4.83. The Balaban J connectivity index is 1.39. The molecule has 33 heavy (non-hydrogen) atoms. The molecular formula is C24H24N6O3. The van der Waals surface area contributed by atoms with Gasteiger partial charge in [0, 0.05) is 23.5 Å². The number of aromatic nitrogens is 4. The number of rotatable bonds is 6. The summed E-state index contributed by atoms with van der Waals surface area (Å²) in [6.07, 6.45) is 3.53. The zero-order chi connectivity index (χ0) is 23.4. The second-order valence-electron chi connectivity index (χ2n) is 8.45. The van der Waals surface area contributed by atoms with Gasteiger partial charge in [-0.15, -0.1) is 0 Å². The van der Waals surface area contributed by atoms with Gasteiger partial charge in [0.25, 0.3) is 11.8 Å². The maximum absolute atomic E-state index is 12.8. The van der Waals surface area contributed by atoms with Gasteiger partial charge in [-0.2, -0.15) is 10.1 Å². The molecule has 168 valence electrons. The summed E-state index contributed by atoms with van der Waals surface area (Å²) in [4.78, 5) is 29.6. The molecule has 2 amide bonds. The van der Waals surface area contributed by atoms with Gasteiger partial charge in [0.05, 0.1) is 23.4 Å². The Bertz CT molecular complexity index is 1250. The quantitative estimate of drug-likeness (QED) is 0.470. The van der Waals surface area contributed by atoms with E-state index in [2.05, 4.69) is 25.9 Å². The predicted octanol–water partition coefficient (Wildman–Crippen LogP) is 3.59. The highest BCUT2D eigenvalue weighted by Crippen LogP contribution is 2.26. The zero-order valence-corrected chi connectivity index (χ0v) is 18.6. The van der Waals surface area contributed by atoms with Gasteiger partial charge < -0.3 is 15.2 Å². The molecule has 0 atom stereocenters. The number of hydrogen-bond donors (Lipinski definition) is 2. The molecule has 2 aromatic carbocycles. The van der Waals surface area contributed by atoms with E-state index in [0.29, 0.717) is 22.6 Å². The van der Waals surface area contributed by atoms with Crippen LogP contribution in [-0.2, 0) is 10.2 Å². The van der Waals surface area contributed by atoms with Gasteiger partial charge in [-0.05, 0) is 42.5 Å². The molecule has 2 N–H and O–H groups in total. The number of anilines is 1. The topological polar surface area (TPSA) is 115 Å². The van der Waals surface area contributed by atoms with Crippen molar-refractivity contribution in [3.05, 3.63) is 78.4 Å². The molecule has 0 radical (unpaired) electrons. The lowest BCUT2D eigenvalue weighted by atomic mass is 9.96. The maximum atomic E-state index is 12.8. The lowest BCUT2D eigenvalue weighted by Gasteiger charge is -2.11. The van der Waals surface area contributed by atoms with Crippen LogP contribution in [0.25, 0.3) is 17.1 Å². The normalized spacial score (nSPS) is 11.2. The lowest BCUT2D eigenvalue weighted by Crippen LogP contribution is -2.33. The minimum atomic E-state index is -0.412. The number of hydrogen-bond acceptors (Lipinski definition) is 6. The summed E-state index contributed by atoms with van der Waals surface area (Å²) in [5.74, 6) is 0.0452. The van der Waals surface area contributed by atoms with E-state index in [-0.39, 0.29) is 23.8 Å². The number of nitrogens with zero attached hydrogens (tertiary/aromatic N) is 4. The van der Waals surface area contributed by atoms with Crippen LogP contribution in [0.1, 0.15) is 37.0 Å². The van der Waals surface area contributed by atoms with Crippen LogP contribution in [0, 0.1) is 0 Å². The molecule has 2 aromatic heterocycles. The van der Waals surface area contributed by atoms with Gasteiger partial charge in [-0.3, -0.25) is 9.59 Å². The van der Waals surface area contributed by atoms with Crippen LogP contribution in [0.4, 0.5) is 5.69 Å². The monoisotopic (exact) mass is 444 g/mol. The Hall–Kier alpha value is -4.27. The van der Waals surface area contributed by atoms with Crippen LogP contribution in [0.3, 0.4) is 0 Å². The van der Waals surface area contributed by atoms with Gasteiger partial charge >= 0.3 is 0 Å². The summed E-state index contributed by atoms with van der Waals surface area (Å²) < 4.78 is 7.10. The van der Waals surface area contributed by atoms with Gasteiger partial charge in [-0.25, -0.2) is 4.68 Å². The minimum absolute atomic E-state index is 0.189. The van der Waals surface area contributed by atoms with Crippen molar-refractivity contribution >= 4 is 17.5 Å². The van der Waals surface area contributed by atoms with E-state index < -0.39 is 5.91 Å². The molecule has 0 aliphatic rings. The van der Waals surface area contributed by atoms with Gasteiger partial charge in [0.1, 0.15) is 0 Å². The number of amides is 2. The molecule has 9 heteroatoms. The van der Waals surface area contributed by atoms with Crippen LogP contribution in [0.15, 0.2) is 71.5 Å². The van der Waals surface area contributed by atoms with Crippen molar-refractivity contribution in [2.45, 2.75) is 26.2 Å². The first-order chi connectivity index (χ1) is 15.8. The molecule has 2 heterocycles. The number of carbonyl (C=O) groups excluding carboxylic acids is 2. The molecule has 0 saturated heterocycles. The van der Waals surface area contributed by atoms with Crippen molar-refractivity contribution < 1.29 is 14.1 Å². The average molecular weight is 444 g/mol. The van der Waals surface area contributed by atoms with Crippen molar-refractivity contribution in [1.82, 2.24) is 25.2 Å². The number of nitrogens with one attached hydrogen (secondary N) is 2. The fourth-order valence-corrected chi connectivity index (χ4v) is 3.09. The second-order valence-corrected chi connectivity index (χ2v) is 8.45. The maximum Gasteiger partial charge on any atom is 0.258 e. The lowest BCUT2D eigenvalue weighted by molar-refractivity contribution is -0.115. The van der Waals surface area contributed by atoms with Crippen LogP contribution < -0.4 is 10.6 Å². The van der Waals surface area contributed by atoms with E-state index in [1.54, 1.807) is 47.3 Å². The Morgan fingerprint density at radius 3 is 2.45 bits per heavy atom. The summed E-state index contributed by atoms with van der Waals surface area (Å²) in [5, 5.41) is 13.6. The molecule has 0 unspecified atom stereocenters. The van der Waals surface area contributed by atoms with Crippen LogP contribution in [-0.4, -0.2) is 38.3 Å². The van der Waals surface area contributed by atoms with Crippen molar-refractivity contribution in [1.29, 1.82) is 0 Å². The first-order valence-electron chi connectivity index (χ1n) is 10.4. The standard InChI is InChI=1S/C24H24N6O3/c1-24(2,3)23-28-22(33-29-23)19-8-5-4-7-18(19)21(32)25-15-20(31)27-16-9-11-17(12-10-16)30-14-6-13-26-30/h4-14H,15H2,1-3H3,(H,25,32)(H,27,31). The van der Waals surface area contributed by atoms with E-state index in [0.717, 1.165) is 5.69 Å². The Labute approximate surface area is 190 Å². The summed E-state index contributed by atoms with van der Waals surface area (Å²) in [6, 6.07) is 16.0. The molecule has 0 saturated carbocycles. The summed E-state index contributed by atoms with van der Waals surface area (Å²) in [5.41, 5.74) is 2.06. The zero-order valence-electron chi connectivity index (χ0n) is 18.6. The third kappa shape index (κ3) is 5.15. The first kappa shape index (κ1) is 21.9. The summed E-state index contributed by atoms with van der Waals surface area (Å²) in [7, 11) is 0. The van der Waals surface area contributed by atoms with E-state index in [1.165, 1.54) is 0 Å². The second kappa shape index (κ2) is 9.07. The molecule has 9 nitrogen and oxygen atoms in total. The highest BCUT2D eigenvalue weighted by molar-refractivity contribution is 6.02. The molecule has 0 aliphatic carbocycles. The molecular weight excluding hydrogens is 420 g/mol. The van der Waals surface area contributed by atoms with Gasteiger partial charge in [0.15, 0.2) is 5.82 Å². The third-order valence-corrected chi connectivity index (χ3v) is 4.83. The average Bonchev–Trinajstić information content (AvgIpc) is 3.50. The van der Waals surface area contributed by atoms with E-state index in [1.807, 2.05) is 45.2 Å². The molecule has 0 bridgehead atoms. The summed E-state index contributed by atoms with van der Waals surface area (Å²) >= 11 is 0. The molecule has 4 rings (SSSR count). The minimum Gasteiger partial charge on any atom is -0.343 e. The van der Waals surface area contributed by atoms with Gasteiger partial charge in [-0.1, -0.05) is 38.1 Å². The first-order valence-corrected chi connectivity index (χ1v) is 10.4. The van der Waals surface area contributed by atoms with Crippen LogP contribution >= 0.6 is 0 Å². The number of carbonyl (C=O) groups is 2. The van der Waals surface area contributed by atoms with Crippen molar-refractivity contribution in [3.63, 3.8) is 0 Å². The molecule has 0 aliphatic heterocycles. The molecule has 4 aromatic rings. The van der Waals surface area contributed by atoms with Crippen LogP contribution in [0.5, 0.6) is 0 Å². The fourth-order valence-electron chi connectivity index (χ4n) is 3.09. The Kier molecular flexibility index (Phi) is 6.03. The smallest absolute Gasteiger partial charge is 0.258 e. The SMILES string of the molecule is CC(C)(C)c1noc(-c2ccccc2C(=O)NCC(=O)Nc2ccc(-n3cccn3)cc2)n1. The molecule has 0 fully saturated rings. The van der Waals surface area contributed by atoms with E-state index in [9.17, 15) is 9.59 Å². The van der Waals surface area contributed by atoms with Crippen LogP contribution in [0.2, 0.25) is 0 Å². The van der Waals surface area contributed by atoms with E-state index in [4.69, 9.17) is 4.52 Å². The van der Waals surface area contributed by atoms with Crippen molar-refractivity contribution in [2.75, 3.05) is 11.9 Å².